The van der Waals surface area contributed by atoms with Crippen molar-refractivity contribution in [2.24, 2.45) is 0 Å². The first-order chi connectivity index (χ1) is 13.6. The second kappa shape index (κ2) is 8.19. The molecule has 5 nitrogen and oxygen atoms in total. The maximum atomic E-state index is 12.4. The molecule has 3 aromatic rings. The maximum Gasteiger partial charge on any atom is 0.336 e. The van der Waals surface area contributed by atoms with E-state index in [1.807, 2.05) is 29.2 Å². The summed E-state index contributed by atoms with van der Waals surface area (Å²) in [5.41, 5.74) is 2.99. The number of hydrogen-bond donors (Lipinski definition) is 0. The molecule has 1 fully saturated rings. The van der Waals surface area contributed by atoms with Crippen LogP contribution in [-0.4, -0.2) is 28.9 Å². The number of rotatable bonds is 5. The van der Waals surface area contributed by atoms with Gasteiger partial charge in [0.1, 0.15) is 5.58 Å². The Balaban J connectivity index is 1.50. The molecule has 0 aliphatic carbocycles. The van der Waals surface area contributed by atoms with Gasteiger partial charge in [-0.2, -0.15) is 0 Å². The second-order valence-electron chi connectivity index (χ2n) is 6.95. The standard InChI is InChI=1S/C22H22N2O3S/c1-2-15-5-7-18-17(12-21(25)27-19(18)11-15)14-28-20-8-6-16(13-23-20)22(26)24-9-3-4-10-24/h5-8,11-13H,2-4,9-10,14H2,1H3. The van der Waals surface area contributed by atoms with Crippen LogP contribution < -0.4 is 5.63 Å². The summed E-state index contributed by atoms with van der Waals surface area (Å²) in [7, 11) is 0. The number of benzene rings is 1. The number of nitrogens with zero attached hydrogens (tertiary/aromatic N) is 2. The first-order valence-corrected chi connectivity index (χ1v) is 10.6. The quantitative estimate of drug-likeness (QED) is 0.477. The minimum atomic E-state index is -0.337. The van der Waals surface area contributed by atoms with Gasteiger partial charge in [0.05, 0.1) is 10.6 Å². The van der Waals surface area contributed by atoms with E-state index in [1.54, 1.807) is 24.0 Å². The molecule has 0 radical (unpaired) electrons. The third kappa shape index (κ3) is 3.97. The van der Waals surface area contributed by atoms with Crippen LogP contribution in [0.4, 0.5) is 0 Å². The lowest BCUT2D eigenvalue weighted by Crippen LogP contribution is -2.27. The Kier molecular flexibility index (Phi) is 5.48. The molecule has 0 unspecified atom stereocenters. The molecule has 144 valence electrons. The zero-order chi connectivity index (χ0) is 19.5. The minimum absolute atomic E-state index is 0.0555. The minimum Gasteiger partial charge on any atom is -0.423 e. The molecule has 0 N–H and O–H groups in total. The maximum absolute atomic E-state index is 12.4. The summed E-state index contributed by atoms with van der Waals surface area (Å²) in [5, 5.41) is 1.77. The molecule has 0 spiro atoms. The third-order valence-electron chi connectivity index (χ3n) is 5.05. The largest absolute Gasteiger partial charge is 0.423 e. The number of hydrogen-bond acceptors (Lipinski definition) is 5. The first-order valence-electron chi connectivity index (χ1n) is 9.58. The number of thioether (sulfide) groups is 1. The molecule has 0 atom stereocenters. The Morgan fingerprint density at radius 1 is 1.18 bits per heavy atom. The highest BCUT2D eigenvalue weighted by Crippen LogP contribution is 2.26. The summed E-state index contributed by atoms with van der Waals surface area (Å²) in [6.45, 7) is 3.74. The van der Waals surface area contributed by atoms with Crippen molar-refractivity contribution in [1.82, 2.24) is 9.88 Å². The van der Waals surface area contributed by atoms with Crippen LogP contribution in [0.2, 0.25) is 0 Å². The smallest absolute Gasteiger partial charge is 0.336 e. The van der Waals surface area contributed by atoms with E-state index in [4.69, 9.17) is 4.42 Å². The summed E-state index contributed by atoms with van der Waals surface area (Å²) in [6, 6.07) is 11.3. The van der Waals surface area contributed by atoms with Crippen molar-refractivity contribution in [3.8, 4) is 0 Å². The summed E-state index contributed by atoms with van der Waals surface area (Å²) in [4.78, 5) is 30.6. The van der Waals surface area contributed by atoms with Crippen molar-refractivity contribution in [1.29, 1.82) is 0 Å². The van der Waals surface area contributed by atoms with Gasteiger partial charge in [-0.3, -0.25) is 4.79 Å². The van der Waals surface area contributed by atoms with Gasteiger partial charge in [0.15, 0.2) is 0 Å². The van der Waals surface area contributed by atoms with E-state index < -0.39 is 0 Å². The molecule has 3 heterocycles. The zero-order valence-corrected chi connectivity index (χ0v) is 16.6. The highest BCUT2D eigenvalue weighted by atomic mass is 32.2. The predicted octanol–water partition coefficient (Wildman–Crippen LogP) is 4.28. The van der Waals surface area contributed by atoms with E-state index in [2.05, 4.69) is 18.0 Å². The third-order valence-corrected chi connectivity index (χ3v) is 6.05. The van der Waals surface area contributed by atoms with Gasteiger partial charge in [-0.15, -0.1) is 11.8 Å². The molecular weight excluding hydrogens is 372 g/mol. The van der Waals surface area contributed by atoms with E-state index in [-0.39, 0.29) is 11.5 Å². The molecule has 0 bridgehead atoms. The van der Waals surface area contributed by atoms with Crippen LogP contribution >= 0.6 is 11.8 Å². The Morgan fingerprint density at radius 3 is 2.71 bits per heavy atom. The van der Waals surface area contributed by atoms with Crippen LogP contribution in [0.15, 0.2) is 56.8 Å². The predicted molar refractivity (Wildman–Crippen MR) is 111 cm³/mol. The van der Waals surface area contributed by atoms with E-state index in [9.17, 15) is 9.59 Å². The summed E-state index contributed by atoms with van der Waals surface area (Å²) in [5.74, 6) is 0.667. The fourth-order valence-corrected chi connectivity index (χ4v) is 4.29. The average molecular weight is 394 g/mol. The van der Waals surface area contributed by atoms with Crippen molar-refractivity contribution in [2.45, 2.75) is 37.0 Å². The molecule has 4 rings (SSSR count). The number of carbonyl (C=O) groups is 1. The molecule has 28 heavy (non-hydrogen) atoms. The number of likely N-dealkylation sites (tertiary alicyclic amines) is 1. The second-order valence-corrected chi connectivity index (χ2v) is 7.94. The Morgan fingerprint density at radius 2 is 2.00 bits per heavy atom. The van der Waals surface area contributed by atoms with Crippen molar-refractivity contribution in [3.05, 3.63) is 69.7 Å². The topological polar surface area (TPSA) is 63.4 Å². The summed E-state index contributed by atoms with van der Waals surface area (Å²) >= 11 is 1.54. The molecule has 0 saturated carbocycles. The van der Waals surface area contributed by atoms with Gasteiger partial charge in [-0.1, -0.05) is 19.1 Å². The number of pyridine rings is 1. The fourth-order valence-electron chi connectivity index (χ4n) is 3.46. The molecule has 6 heteroatoms. The highest BCUT2D eigenvalue weighted by Gasteiger charge is 2.19. The number of aryl methyl sites for hydroxylation is 1. The average Bonchev–Trinajstić information content (AvgIpc) is 3.26. The SMILES string of the molecule is CCc1ccc2c(CSc3ccc(C(=O)N4CCCC4)cn3)cc(=O)oc2c1. The highest BCUT2D eigenvalue weighted by molar-refractivity contribution is 7.98. The van der Waals surface area contributed by atoms with Crippen LogP contribution in [0, 0.1) is 0 Å². The Hall–Kier alpha value is -2.60. The van der Waals surface area contributed by atoms with Gasteiger partial charge in [0.25, 0.3) is 5.91 Å². The number of aromatic nitrogens is 1. The number of fused-ring (bicyclic) bond motifs is 1. The lowest BCUT2D eigenvalue weighted by molar-refractivity contribution is 0.0792. The van der Waals surface area contributed by atoms with Crippen molar-refractivity contribution in [2.75, 3.05) is 13.1 Å². The zero-order valence-electron chi connectivity index (χ0n) is 15.8. The lowest BCUT2D eigenvalue weighted by atomic mass is 10.1. The van der Waals surface area contributed by atoms with Gasteiger partial charge >= 0.3 is 5.63 Å². The van der Waals surface area contributed by atoms with Crippen LogP contribution in [0.25, 0.3) is 11.0 Å². The first kappa shape index (κ1) is 18.7. The van der Waals surface area contributed by atoms with E-state index in [0.29, 0.717) is 16.9 Å². The van der Waals surface area contributed by atoms with Gasteiger partial charge in [-0.05, 0) is 48.6 Å². The lowest BCUT2D eigenvalue weighted by Gasteiger charge is -2.14. The van der Waals surface area contributed by atoms with Crippen LogP contribution in [0.3, 0.4) is 0 Å². The van der Waals surface area contributed by atoms with E-state index in [1.165, 1.54) is 0 Å². The van der Waals surface area contributed by atoms with Gasteiger partial charge in [0.2, 0.25) is 0 Å². The van der Waals surface area contributed by atoms with Gasteiger partial charge in [0, 0.05) is 36.5 Å². The van der Waals surface area contributed by atoms with Crippen LogP contribution in [-0.2, 0) is 12.2 Å². The summed E-state index contributed by atoms with van der Waals surface area (Å²) in [6.07, 6.45) is 4.69. The van der Waals surface area contributed by atoms with Gasteiger partial charge in [-0.25, -0.2) is 9.78 Å². The molecule has 1 aliphatic heterocycles. The Labute approximate surface area is 167 Å². The van der Waals surface area contributed by atoms with E-state index >= 15 is 0 Å². The van der Waals surface area contributed by atoms with Crippen molar-refractivity contribution < 1.29 is 9.21 Å². The molecule has 1 aliphatic rings. The molecule has 1 amide bonds. The monoisotopic (exact) mass is 394 g/mol. The molecule has 1 saturated heterocycles. The van der Waals surface area contributed by atoms with Crippen LogP contribution in [0.1, 0.15) is 41.3 Å². The van der Waals surface area contributed by atoms with Crippen molar-refractivity contribution in [3.63, 3.8) is 0 Å². The number of amides is 1. The molecular formula is C22H22N2O3S. The van der Waals surface area contributed by atoms with Crippen molar-refractivity contribution >= 4 is 28.6 Å². The van der Waals surface area contributed by atoms with Gasteiger partial charge < -0.3 is 9.32 Å². The van der Waals surface area contributed by atoms with Crippen LogP contribution in [0.5, 0.6) is 0 Å². The number of carbonyl (C=O) groups excluding carboxylic acids is 1. The molecule has 2 aromatic heterocycles. The summed E-state index contributed by atoms with van der Waals surface area (Å²) < 4.78 is 5.37. The normalized spacial score (nSPS) is 14.0. The van der Waals surface area contributed by atoms with E-state index in [0.717, 1.165) is 53.9 Å². The molecule has 1 aromatic carbocycles. The fraction of sp³-hybridized carbons (Fsp3) is 0.318. The Bertz CT molecular complexity index is 1050.